The Morgan fingerprint density at radius 2 is 2.05 bits per heavy atom. The highest BCUT2D eigenvalue weighted by Crippen LogP contribution is 2.19. The molecule has 1 aromatic rings. The molecule has 6 nitrogen and oxygen atoms in total. The van der Waals surface area contributed by atoms with Crippen molar-refractivity contribution < 1.29 is 4.79 Å². The topological polar surface area (TPSA) is 44.6 Å². The van der Waals surface area contributed by atoms with Gasteiger partial charge in [0, 0.05) is 44.3 Å². The first-order valence-corrected chi connectivity index (χ1v) is 7.83. The van der Waals surface area contributed by atoms with Gasteiger partial charge in [-0.05, 0) is 26.7 Å². The zero-order valence-electron chi connectivity index (χ0n) is 13.2. The van der Waals surface area contributed by atoms with Crippen molar-refractivity contribution in [2.75, 3.05) is 46.8 Å². The number of hydrogen-bond acceptors (Lipinski definition) is 4. The Morgan fingerprint density at radius 1 is 1.33 bits per heavy atom. The Kier molecular flexibility index (Phi) is 3.99. The molecule has 0 saturated carbocycles. The molecule has 0 unspecified atom stereocenters. The summed E-state index contributed by atoms with van der Waals surface area (Å²) < 4.78 is 2.00. The van der Waals surface area contributed by atoms with Gasteiger partial charge in [-0.25, -0.2) is 0 Å². The van der Waals surface area contributed by atoms with Gasteiger partial charge < -0.3 is 14.7 Å². The Labute approximate surface area is 126 Å². The van der Waals surface area contributed by atoms with E-state index in [2.05, 4.69) is 35.9 Å². The van der Waals surface area contributed by atoms with E-state index in [1.54, 1.807) is 0 Å². The van der Waals surface area contributed by atoms with E-state index in [9.17, 15) is 4.79 Å². The quantitative estimate of drug-likeness (QED) is 0.795. The normalized spacial score (nSPS) is 22.9. The fourth-order valence-electron chi connectivity index (χ4n) is 3.16. The molecule has 0 spiro atoms. The Bertz CT molecular complexity index is 493. The van der Waals surface area contributed by atoms with Crippen LogP contribution in [0.5, 0.6) is 0 Å². The zero-order valence-corrected chi connectivity index (χ0v) is 13.2. The summed E-state index contributed by atoms with van der Waals surface area (Å²) in [4.78, 5) is 19.1. The lowest BCUT2D eigenvalue weighted by molar-refractivity contribution is 0.0636. The highest BCUT2D eigenvalue weighted by atomic mass is 16.2. The molecule has 1 saturated heterocycles. The summed E-state index contributed by atoms with van der Waals surface area (Å²) in [5.74, 6) is 0.0917. The van der Waals surface area contributed by atoms with Crippen molar-refractivity contribution in [2.45, 2.75) is 25.9 Å². The van der Waals surface area contributed by atoms with Crippen molar-refractivity contribution >= 4 is 5.91 Å². The number of likely N-dealkylation sites (N-methyl/N-ethyl adjacent to an activating group) is 2. The number of hydrogen-bond donors (Lipinski definition) is 0. The Balaban J connectivity index is 1.64. The molecule has 0 aromatic carbocycles. The monoisotopic (exact) mass is 291 g/mol. The molecular formula is C15H25N5O. The molecule has 2 aliphatic heterocycles. The molecule has 0 aliphatic carbocycles. The second-order valence-electron chi connectivity index (χ2n) is 6.25. The maximum absolute atomic E-state index is 12.5. The second-order valence-corrected chi connectivity index (χ2v) is 6.25. The number of carbonyl (C=O) groups excluding carboxylic acids is 1. The van der Waals surface area contributed by atoms with Gasteiger partial charge in [0.1, 0.15) is 0 Å². The average Bonchev–Trinajstić information content (AvgIpc) is 3.05. The van der Waals surface area contributed by atoms with Crippen molar-refractivity contribution in [3.8, 4) is 0 Å². The van der Waals surface area contributed by atoms with Gasteiger partial charge in [0.25, 0.3) is 5.91 Å². The molecular weight excluding hydrogens is 266 g/mol. The van der Waals surface area contributed by atoms with E-state index in [0.717, 1.165) is 45.7 Å². The van der Waals surface area contributed by atoms with Gasteiger partial charge in [0.15, 0.2) is 5.69 Å². The smallest absolute Gasteiger partial charge is 0.274 e. The molecule has 6 heteroatoms. The van der Waals surface area contributed by atoms with Gasteiger partial charge in [-0.3, -0.25) is 9.48 Å². The fraction of sp³-hybridized carbons (Fsp3) is 0.733. The fourth-order valence-corrected chi connectivity index (χ4v) is 3.16. The predicted octanol–water partition coefficient (Wildman–Crippen LogP) is 0.147. The molecule has 0 bridgehead atoms. The van der Waals surface area contributed by atoms with Crippen LogP contribution in [0.2, 0.25) is 0 Å². The summed E-state index contributed by atoms with van der Waals surface area (Å²) in [6, 6.07) is 2.49. The minimum atomic E-state index is 0.0917. The lowest BCUT2D eigenvalue weighted by atomic mass is 10.2. The number of aromatic nitrogens is 2. The molecule has 116 valence electrons. The van der Waals surface area contributed by atoms with E-state index in [4.69, 9.17) is 0 Å². The van der Waals surface area contributed by atoms with Crippen LogP contribution in [0.1, 0.15) is 23.1 Å². The molecule has 1 amide bonds. The number of carbonyl (C=O) groups is 1. The van der Waals surface area contributed by atoms with Gasteiger partial charge in [-0.2, -0.15) is 5.10 Å². The standard InChI is InChI=1S/C15H25N5O/c1-4-18-5-7-19(8-6-18)15(21)14-10-12-9-13(17(2)3)11-20(12)16-14/h10,13H,4-9,11H2,1-3H3/t13-/m0/s1. The molecule has 1 aromatic heterocycles. The highest BCUT2D eigenvalue weighted by Gasteiger charge is 2.28. The molecule has 2 aliphatic rings. The molecule has 3 heterocycles. The first kappa shape index (κ1) is 14.5. The van der Waals surface area contributed by atoms with Crippen LogP contribution in [0.3, 0.4) is 0 Å². The SMILES string of the molecule is CCN1CCN(C(=O)c2cc3n(n2)C[C@@H](N(C)C)C3)CC1. The summed E-state index contributed by atoms with van der Waals surface area (Å²) in [7, 11) is 4.19. The lowest BCUT2D eigenvalue weighted by Gasteiger charge is -2.33. The van der Waals surface area contributed by atoms with Crippen molar-refractivity contribution in [3.63, 3.8) is 0 Å². The third kappa shape index (κ3) is 2.82. The van der Waals surface area contributed by atoms with E-state index in [1.807, 2.05) is 15.6 Å². The third-order valence-electron chi connectivity index (χ3n) is 4.75. The van der Waals surface area contributed by atoms with E-state index >= 15 is 0 Å². The maximum Gasteiger partial charge on any atom is 0.274 e. The van der Waals surface area contributed by atoms with E-state index in [-0.39, 0.29) is 5.91 Å². The van der Waals surface area contributed by atoms with Crippen LogP contribution >= 0.6 is 0 Å². The molecule has 1 fully saturated rings. The molecule has 1 atom stereocenters. The Hall–Kier alpha value is -1.40. The number of piperazine rings is 1. The van der Waals surface area contributed by atoms with Crippen LogP contribution in [-0.2, 0) is 13.0 Å². The summed E-state index contributed by atoms with van der Waals surface area (Å²) >= 11 is 0. The number of amides is 1. The lowest BCUT2D eigenvalue weighted by Crippen LogP contribution is -2.48. The minimum absolute atomic E-state index is 0.0917. The summed E-state index contributed by atoms with van der Waals surface area (Å²) in [5.41, 5.74) is 1.80. The first-order chi connectivity index (χ1) is 10.1. The largest absolute Gasteiger partial charge is 0.335 e. The van der Waals surface area contributed by atoms with Crippen molar-refractivity contribution in [2.24, 2.45) is 0 Å². The van der Waals surface area contributed by atoms with E-state index < -0.39 is 0 Å². The van der Waals surface area contributed by atoms with Crippen molar-refractivity contribution in [1.29, 1.82) is 0 Å². The predicted molar refractivity (Wildman–Crippen MR) is 81.4 cm³/mol. The van der Waals surface area contributed by atoms with Gasteiger partial charge in [0.05, 0.1) is 6.54 Å². The van der Waals surface area contributed by atoms with E-state index in [0.29, 0.717) is 11.7 Å². The van der Waals surface area contributed by atoms with Crippen LogP contribution in [0.15, 0.2) is 6.07 Å². The highest BCUT2D eigenvalue weighted by molar-refractivity contribution is 5.92. The van der Waals surface area contributed by atoms with Gasteiger partial charge >= 0.3 is 0 Å². The summed E-state index contributed by atoms with van der Waals surface area (Å²) in [5, 5.41) is 4.52. The maximum atomic E-state index is 12.5. The van der Waals surface area contributed by atoms with Gasteiger partial charge in [-0.1, -0.05) is 6.92 Å². The van der Waals surface area contributed by atoms with Crippen molar-refractivity contribution in [1.82, 2.24) is 24.5 Å². The van der Waals surface area contributed by atoms with Crippen LogP contribution < -0.4 is 0 Å². The van der Waals surface area contributed by atoms with Gasteiger partial charge in [-0.15, -0.1) is 0 Å². The van der Waals surface area contributed by atoms with Crippen LogP contribution in [0.25, 0.3) is 0 Å². The summed E-state index contributed by atoms with van der Waals surface area (Å²) in [6.45, 7) is 7.69. The Morgan fingerprint density at radius 3 is 2.62 bits per heavy atom. The van der Waals surface area contributed by atoms with Crippen molar-refractivity contribution in [3.05, 3.63) is 17.5 Å². The number of rotatable bonds is 3. The number of nitrogens with zero attached hydrogens (tertiary/aromatic N) is 5. The number of fused-ring (bicyclic) bond motifs is 1. The second kappa shape index (κ2) is 5.77. The van der Waals surface area contributed by atoms with Crippen LogP contribution in [-0.4, -0.2) is 83.2 Å². The summed E-state index contributed by atoms with van der Waals surface area (Å²) in [6.07, 6.45) is 0.983. The first-order valence-electron chi connectivity index (χ1n) is 7.83. The molecule has 21 heavy (non-hydrogen) atoms. The third-order valence-corrected chi connectivity index (χ3v) is 4.75. The van der Waals surface area contributed by atoms with Gasteiger partial charge in [0.2, 0.25) is 0 Å². The van der Waals surface area contributed by atoms with Crippen LogP contribution in [0, 0.1) is 0 Å². The van der Waals surface area contributed by atoms with Crippen LogP contribution in [0.4, 0.5) is 0 Å². The average molecular weight is 291 g/mol. The van der Waals surface area contributed by atoms with E-state index in [1.165, 1.54) is 5.69 Å². The molecule has 0 radical (unpaired) electrons. The zero-order chi connectivity index (χ0) is 15.0. The molecule has 3 rings (SSSR count). The molecule has 0 N–H and O–H groups in total. The minimum Gasteiger partial charge on any atom is -0.335 e.